The van der Waals surface area contributed by atoms with Crippen LogP contribution in [-0.2, 0) is 4.74 Å². The fourth-order valence-electron chi connectivity index (χ4n) is 3.85. The molecule has 0 atom stereocenters. The molecule has 162 valence electrons. The van der Waals surface area contributed by atoms with Crippen molar-refractivity contribution in [3.63, 3.8) is 0 Å². The van der Waals surface area contributed by atoms with Crippen LogP contribution >= 0.6 is 0 Å². The molecule has 1 aliphatic rings. The third-order valence-corrected chi connectivity index (χ3v) is 5.79. The molecule has 0 radical (unpaired) electrons. The Morgan fingerprint density at radius 2 is 1.87 bits per heavy atom. The second kappa shape index (κ2) is 8.47. The van der Waals surface area contributed by atoms with Crippen LogP contribution in [0.4, 0.5) is 10.3 Å². The molecule has 3 aromatic rings. The van der Waals surface area contributed by atoms with Gasteiger partial charge >= 0.3 is 5.97 Å². The summed E-state index contributed by atoms with van der Waals surface area (Å²) in [6, 6.07) is 9.41. The van der Waals surface area contributed by atoms with Gasteiger partial charge in [-0.1, -0.05) is 13.0 Å². The molecule has 0 spiro atoms. The number of esters is 1. The number of rotatable bonds is 4. The van der Waals surface area contributed by atoms with Gasteiger partial charge in [-0.3, -0.25) is 4.79 Å². The first kappa shape index (κ1) is 21.0. The van der Waals surface area contributed by atoms with Gasteiger partial charge in [-0.2, -0.15) is 0 Å². The lowest BCUT2D eigenvalue weighted by Gasteiger charge is -2.35. The van der Waals surface area contributed by atoms with Gasteiger partial charge in [0.05, 0.1) is 29.3 Å². The van der Waals surface area contributed by atoms with E-state index >= 15 is 0 Å². The Labute approximate surface area is 179 Å². The fourth-order valence-corrected chi connectivity index (χ4v) is 3.85. The number of hydrogen-bond donors (Lipinski definition) is 0. The molecule has 0 amide bonds. The zero-order chi connectivity index (χ0) is 22.1. The smallest absolute Gasteiger partial charge is 0.337 e. The van der Waals surface area contributed by atoms with Gasteiger partial charge in [0.25, 0.3) is 5.56 Å². The zero-order valence-electron chi connectivity index (χ0n) is 17.9. The van der Waals surface area contributed by atoms with E-state index in [0.29, 0.717) is 46.8 Å². The molecule has 0 saturated carbocycles. The Morgan fingerprint density at radius 3 is 2.52 bits per heavy atom. The van der Waals surface area contributed by atoms with E-state index < -0.39 is 5.97 Å². The number of ether oxygens (including phenoxy) is 1. The van der Waals surface area contributed by atoms with Gasteiger partial charge in [0, 0.05) is 26.2 Å². The molecule has 8 heteroatoms. The normalized spacial score (nSPS) is 14.8. The van der Waals surface area contributed by atoms with Crippen molar-refractivity contribution < 1.29 is 13.9 Å². The van der Waals surface area contributed by atoms with E-state index in [2.05, 4.69) is 11.8 Å². The Bertz CT molecular complexity index is 1200. The molecule has 0 aliphatic carbocycles. The van der Waals surface area contributed by atoms with E-state index in [1.807, 2.05) is 4.90 Å². The number of piperazine rings is 1. The molecule has 0 N–H and O–H groups in total. The van der Waals surface area contributed by atoms with E-state index in [4.69, 9.17) is 9.72 Å². The van der Waals surface area contributed by atoms with Crippen molar-refractivity contribution >= 4 is 22.8 Å². The summed E-state index contributed by atoms with van der Waals surface area (Å²) in [4.78, 5) is 34.6. The summed E-state index contributed by atoms with van der Waals surface area (Å²) in [5.41, 5.74) is 1.35. The van der Waals surface area contributed by atoms with Gasteiger partial charge < -0.3 is 14.5 Å². The second-order valence-corrected chi connectivity index (χ2v) is 7.63. The standard InChI is InChI=1S/C23H25FN4O3/c1-4-26-9-11-27(12-10-26)23-25-20-13-16(22(30)31-3)6-8-18(20)21(29)28(23)17-7-5-15(2)19(24)14-17/h5-8,13-14H,4,9-12H2,1-3H3. The number of methoxy groups -OCH3 is 1. The number of carbonyl (C=O) groups excluding carboxylic acids is 1. The topological polar surface area (TPSA) is 67.7 Å². The molecule has 0 unspecified atom stereocenters. The summed E-state index contributed by atoms with van der Waals surface area (Å²) >= 11 is 0. The van der Waals surface area contributed by atoms with E-state index in [0.717, 1.165) is 19.6 Å². The van der Waals surface area contributed by atoms with E-state index in [-0.39, 0.29) is 11.4 Å². The first-order valence-electron chi connectivity index (χ1n) is 10.3. The summed E-state index contributed by atoms with van der Waals surface area (Å²) in [5.74, 6) is -0.433. The van der Waals surface area contributed by atoms with Crippen LogP contribution in [0.5, 0.6) is 0 Å². The minimum Gasteiger partial charge on any atom is -0.465 e. The summed E-state index contributed by atoms with van der Waals surface area (Å²) < 4.78 is 20.6. The Kier molecular flexibility index (Phi) is 5.73. The number of nitrogens with zero attached hydrogens (tertiary/aromatic N) is 4. The number of halogens is 1. The summed E-state index contributed by atoms with van der Waals surface area (Å²) in [6.45, 7) is 7.82. The van der Waals surface area contributed by atoms with Crippen molar-refractivity contribution in [3.05, 3.63) is 63.7 Å². The van der Waals surface area contributed by atoms with Gasteiger partial charge in [-0.25, -0.2) is 18.7 Å². The maximum atomic E-state index is 14.4. The Balaban J connectivity index is 1.92. The first-order valence-corrected chi connectivity index (χ1v) is 10.3. The van der Waals surface area contributed by atoms with Crippen molar-refractivity contribution in [2.45, 2.75) is 13.8 Å². The fraction of sp³-hybridized carbons (Fsp3) is 0.348. The average Bonchev–Trinajstić information content (AvgIpc) is 2.80. The van der Waals surface area contributed by atoms with Gasteiger partial charge in [-0.15, -0.1) is 0 Å². The third-order valence-electron chi connectivity index (χ3n) is 5.79. The molecule has 1 aliphatic heterocycles. The number of carbonyl (C=O) groups is 1. The van der Waals surface area contributed by atoms with E-state index in [1.54, 1.807) is 31.2 Å². The quantitative estimate of drug-likeness (QED) is 0.600. The summed E-state index contributed by atoms with van der Waals surface area (Å²) in [6.07, 6.45) is 0. The number of hydrogen-bond acceptors (Lipinski definition) is 6. The lowest BCUT2D eigenvalue weighted by molar-refractivity contribution is 0.0601. The van der Waals surface area contributed by atoms with Crippen molar-refractivity contribution in [3.8, 4) is 5.69 Å². The van der Waals surface area contributed by atoms with Gasteiger partial charge in [0.1, 0.15) is 5.82 Å². The number of aromatic nitrogens is 2. The number of benzene rings is 2. The Morgan fingerprint density at radius 1 is 1.13 bits per heavy atom. The number of fused-ring (bicyclic) bond motifs is 1. The minimum atomic E-state index is -0.494. The van der Waals surface area contributed by atoms with Crippen LogP contribution in [0.1, 0.15) is 22.8 Å². The predicted octanol–water partition coefficient (Wildman–Crippen LogP) is 2.76. The van der Waals surface area contributed by atoms with Crippen LogP contribution in [-0.4, -0.2) is 60.3 Å². The molecule has 1 saturated heterocycles. The molecule has 4 rings (SSSR count). The van der Waals surface area contributed by atoms with Crippen LogP contribution in [0, 0.1) is 12.7 Å². The molecule has 1 aromatic heterocycles. The van der Waals surface area contributed by atoms with Crippen molar-refractivity contribution in [1.29, 1.82) is 0 Å². The second-order valence-electron chi connectivity index (χ2n) is 7.63. The SMILES string of the molecule is CCN1CCN(c2nc3cc(C(=O)OC)ccc3c(=O)n2-c2ccc(C)c(F)c2)CC1. The largest absolute Gasteiger partial charge is 0.465 e. The van der Waals surface area contributed by atoms with Gasteiger partial charge in [0.2, 0.25) is 5.95 Å². The van der Waals surface area contributed by atoms with Gasteiger partial charge in [-0.05, 0) is 49.4 Å². The maximum absolute atomic E-state index is 14.4. The molecular weight excluding hydrogens is 399 g/mol. The summed E-state index contributed by atoms with van der Waals surface area (Å²) in [5, 5.41) is 0.351. The van der Waals surface area contributed by atoms with Gasteiger partial charge in [0.15, 0.2) is 0 Å². The molecular formula is C23H25FN4O3. The van der Waals surface area contributed by atoms with Crippen LogP contribution in [0.3, 0.4) is 0 Å². The highest BCUT2D eigenvalue weighted by Gasteiger charge is 2.23. The number of anilines is 1. The first-order chi connectivity index (χ1) is 14.9. The zero-order valence-corrected chi connectivity index (χ0v) is 17.9. The molecule has 2 heterocycles. The van der Waals surface area contributed by atoms with Crippen LogP contribution < -0.4 is 10.5 Å². The van der Waals surface area contributed by atoms with E-state index in [9.17, 15) is 14.0 Å². The van der Waals surface area contributed by atoms with Crippen LogP contribution in [0.2, 0.25) is 0 Å². The molecule has 1 fully saturated rings. The van der Waals surface area contributed by atoms with Crippen LogP contribution in [0.25, 0.3) is 16.6 Å². The highest BCUT2D eigenvalue weighted by atomic mass is 19.1. The lowest BCUT2D eigenvalue weighted by Crippen LogP contribution is -2.48. The van der Waals surface area contributed by atoms with Crippen molar-refractivity contribution in [2.75, 3.05) is 44.7 Å². The number of aryl methyl sites for hydroxylation is 1. The molecule has 2 aromatic carbocycles. The Hall–Kier alpha value is -3.26. The van der Waals surface area contributed by atoms with Crippen molar-refractivity contribution in [1.82, 2.24) is 14.5 Å². The monoisotopic (exact) mass is 424 g/mol. The van der Waals surface area contributed by atoms with Crippen LogP contribution in [0.15, 0.2) is 41.2 Å². The molecule has 0 bridgehead atoms. The third kappa shape index (κ3) is 3.90. The maximum Gasteiger partial charge on any atom is 0.337 e. The summed E-state index contributed by atoms with van der Waals surface area (Å²) in [7, 11) is 1.31. The highest BCUT2D eigenvalue weighted by molar-refractivity contribution is 5.94. The molecule has 7 nitrogen and oxygen atoms in total. The lowest BCUT2D eigenvalue weighted by atomic mass is 10.1. The highest BCUT2D eigenvalue weighted by Crippen LogP contribution is 2.23. The average molecular weight is 424 g/mol. The van der Waals surface area contributed by atoms with Crippen molar-refractivity contribution in [2.24, 2.45) is 0 Å². The predicted molar refractivity (Wildman–Crippen MR) is 118 cm³/mol. The van der Waals surface area contributed by atoms with E-state index in [1.165, 1.54) is 23.8 Å². The molecule has 31 heavy (non-hydrogen) atoms. The minimum absolute atomic E-state index is 0.308. The number of likely N-dealkylation sites (N-methyl/N-ethyl adjacent to an activating group) is 1.